The van der Waals surface area contributed by atoms with Crippen molar-refractivity contribution in [1.29, 1.82) is 0 Å². The van der Waals surface area contributed by atoms with Gasteiger partial charge in [-0.3, -0.25) is 0 Å². The Morgan fingerprint density at radius 2 is 2.39 bits per heavy atom. The molecule has 2 aromatic rings. The molecule has 0 aromatic carbocycles. The maximum Gasteiger partial charge on any atom is 0.218 e. The first kappa shape index (κ1) is 14.6. The van der Waals surface area contributed by atoms with Crippen LogP contribution in [0.5, 0.6) is 5.88 Å². The number of hydrogen-bond acceptors (Lipinski definition) is 8. The van der Waals surface area contributed by atoms with Crippen LogP contribution in [0.3, 0.4) is 0 Å². The summed E-state index contributed by atoms with van der Waals surface area (Å²) in [6.45, 7) is 2.51. The van der Waals surface area contributed by atoms with Crippen LogP contribution in [0, 0.1) is 0 Å². The minimum Gasteiger partial charge on any atom is -0.481 e. The van der Waals surface area contributed by atoms with Crippen molar-refractivity contribution in [3.05, 3.63) is 24.0 Å². The Bertz CT molecular complexity index is 668. The van der Waals surface area contributed by atoms with Gasteiger partial charge in [0.1, 0.15) is 12.1 Å². The molecule has 0 bridgehead atoms. The second-order valence-electron chi connectivity index (χ2n) is 5.97. The van der Waals surface area contributed by atoms with Gasteiger partial charge < -0.3 is 19.7 Å². The second kappa shape index (κ2) is 5.93. The summed E-state index contributed by atoms with van der Waals surface area (Å²) in [5.74, 6) is 1.49. The quantitative estimate of drug-likeness (QED) is 0.914. The maximum atomic E-state index is 6.17. The number of methoxy groups -OCH3 is 1. The highest BCUT2D eigenvalue weighted by Crippen LogP contribution is 2.37. The Balaban J connectivity index is 1.41. The van der Waals surface area contributed by atoms with Crippen molar-refractivity contribution in [1.82, 2.24) is 15.0 Å². The van der Waals surface area contributed by atoms with E-state index in [4.69, 9.17) is 9.47 Å². The van der Waals surface area contributed by atoms with Crippen LogP contribution in [0.2, 0.25) is 0 Å². The number of thiazole rings is 1. The van der Waals surface area contributed by atoms with E-state index < -0.39 is 0 Å². The lowest BCUT2D eigenvalue weighted by atomic mass is 9.97. The fourth-order valence-corrected chi connectivity index (χ4v) is 3.95. The predicted molar refractivity (Wildman–Crippen MR) is 88.2 cm³/mol. The van der Waals surface area contributed by atoms with Crippen molar-refractivity contribution in [3.63, 3.8) is 0 Å². The van der Waals surface area contributed by atoms with Gasteiger partial charge in [0, 0.05) is 37.2 Å². The molecule has 7 nitrogen and oxygen atoms in total. The number of ether oxygens (including phenoxy) is 2. The summed E-state index contributed by atoms with van der Waals surface area (Å²) in [6.07, 6.45) is 5.36. The van der Waals surface area contributed by atoms with Gasteiger partial charge in [-0.1, -0.05) is 0 Å². The van der Waals surface area contributed by atoms with Gasteiger partial charge >= 0.3 is 0 Å². The summed E-state index contributed by atoms with van der Waals surface area (Å²) in [5, 5.41) is 6.41. The molecule has 2 atom stereocenters. The van der Waals surface area contributed by atoms with Crippen molar-refractivity contribution in [3.8, 4) is 5.88 Å². The zero-order valence-electron chi connectivity index (χ0n) is 12.9. The third-order valence-corrected chi connectivity index (χ3v) is 5.15. The predicted octanol–water partition coefficient (Wildman–Crippen LogP) is 1.79. The van der Waals surface area contributed by atoms with E-state index in [0.717, 1.165) is 43.5 Å². The molecule has 2 aliphatic rings. The van der Waals surface area contributed by atoms with E-state index in [0.29, 0.717) is 11.9 Å². The molecule has 2 aromatic heterocycles. The average molecular weight is 333 g/mol. The Kier molecular flexibility index (Phi) is 3.78. The number of hydrogen-bond donors (Lipinski definition) is 1. The molecule has 0 saturated carbocycles. The van der Waals surface area contributed by atoms with Crippen molar-refractivity contribution in [2.45, 2.75) is 24.5 Å². The molecule has 2 saturated heterocycles. The summed E-state index contributed by atoms with van der Waals surface area (Å²) in [5.41, 5.74) is -0.0902. The molecule has 4 rings (SSSR count). The van der Waals surface area contributed by atoms with E-state index in [1.165, 1.54) is 0 Å². The molecule has 2 fully saturated rings. The van der Waals surface area contributed by atoms with Gasteiger partial charge in [0.25, 0.3) is 0 Å². The van der Waals surface area contributed by atoms with Crippen LogP contribution in [-0.2, 0) is 4.74 Å². The minimum absolute atomic E-state index is 0.0902. The molecule has 2 unspecified atom stereocenters. The van der Waals surface area contributed by atoms with Gasteiger partial charge in [0.05, 0.1) is 25.4 Å². The zero-order chi connectivity index (χ0) is 15.7. The van der Waals surface area contributed by atoms with Gasteiger partial charge in [-0.15, -0.1) is 11.3 Å². The fraction of sp³-hybridized carbons (Fsp3) is 0.533. The summed E-state index contributed by atoms with van der Waals surface area (Å²) < 4.78 is 11.4. The van der Waals surface area contributed by atoms with Crippen LogP contribution in [0.25, 0.3) is 0 Å². The lowest BCUT2D eigenvalue weighted by Crippen LogP contribution is -2.33. The minimum atomic E-state index is -0.0902. The molecular weight excluding hydrogens is 314 g/mol. The van der Waals surface area contributed by atoms with Crippen LogP contribution in [-0.4, -0.2) is 53.4 Å². The summed E-state index contributed by atoms with van der Waals surface area (Å²) in [6, 6.07) is 2.19. The van der Waals surface area contributed by atoms with Crippen LogP contribution in [0.15, 0.2) is 24.0 Å². The molecule has 0 radical (unpaired) electrons. The third-order valence-electron chi connectivity index (χ3n) is 4.45. The Morgan fingerprint density at radius 1 is 1.43 bits per heavy atom. The van der Waals surface area contributed by atoms with Crippen LogP contribution >= 0.6 is 11.3 Å². The maximum absolute atomic E-state index is 6.17. The lowest BCUT2D eigenvalue weighted by Gasteiger charge is -2.24. The van der Waals surface area contributed by atoms with Crippen molar-refractivity contribution >= 4 is 22.3 Å². The number of nitrogens with zero attached hydrogens (tertiary/aromatic N) is 4. The molecule has 8 heteroatoms. The fourth-order valence-electron chi connectivity index (χ4n) is 3.35. The number of anilines is 2. The topological polar surface area (TPSA) is 72.4 Å². The van der Waals surface area contributed by atoms with E-state index in [2.05, 4.69) is 25.2 Å². The van der Waals surface area contributed by atoms with Gasteiger partial charge in [-0.2, -0.15) is 0 Å². The van der Waals surface area contributed by atoms with Crippen molar-refractivity contribution < 1.29 is 9.47 Å². The number of rotatable bonds is 4. The first-order valence-electron chi connectivity index (χ1n) is 7.67. The summed E-state index contributed by atoms with van der Waals surface area (Å²) >= 11 is 1.62. The Hall–Kier alpha value is -1.93. The lowest BCUT2D eigenvalue weighted by molar-refractivity contribution is 0.0228. The SMILES string of the molecule is COc1cc(N2CCC3(CC(Nc4nccs4)CO3)C2)ncn1. The third kappa shape index (κ3) is 2.96. The first-order valence-corrected chi connectivity index (χ1v) is 8.55. The van der Waals surface area contributed by atoms with E-state index in [-0.39, 0.29) is 5.60 Å². The van der Waals surface area contributed by atoms with Crippen LogP contribution in [0.1, 0.15) is 12.8 Å². The molecule has 1 spiro atoms. The molecule has 23 heavy (non-hydrogen) atoms. The van der Waals surface area contributed by atoms with Crippen molar-refractivity contribution in [2.75, 3.05) is 37.0 Å². The molecule has 0 aliphatic carbocycles. The average Bonchev–Trinajstić information content (AvgIpc) is 3.31. The molecule has 0 amide bonds. The summed E-state index contributed by atoms with van der Waals surface area (Å²) in [4.78, 5) is 15.0. The molecule has 122 valence electrons. The van der Waals surface area contributed by atoms with E-state index >= 15 is 0 Å². The number of aromatic nitrogens is 3. The molecule has 4 heterocycles. The normalized spacial score (nSPS) is 26.8. The molecule has 1 N–H and O–H groups in total. The molecule has 2 aliphatic heterocycles. The van der Waals surface area contributed by atoms with Gasteiger partial charge in [-0.05, 0) is 6.42 Å². The first-order chi connectivity index (χ1) is 11.3. The van der Waals surface area contributed by atoms with Crippen LogP contribution in [0.4, 0.5) is 10.9 Å². The zero-order valence-corrected chi connectivity index (χ0v) is 13.8. The van der Waals surface area contributed by atoms with E-state index in [1.807, 2.05) is 17.6 Å². The highest BCUT2D eigenvalue weighted by Gasteiger charge is 2.46. The Labute approximate surface area is 138 Å². The van der Waals surface area contributed by atoms with Crippen molar-refractivity contribution in [2.24, 2.45) is 0 Å². The highest BCUT2D eigenvalue weighted by atomic mass is 32.1. The van der Waals surface area contributed by atoms with Gasteiger partial charge in [0.2, 0.25) is 5.88 Å². The monoisotopic (exact) mass is 333 g/mol. The largest absolute Gasteiger partial charge is 0.481 e. The van der Waals surface area contributed by atoms with Crippen LogP contribution < -0.4 is 15.0 Å². The molecular formula is C15H19N5O2S. The smallest absolute Gasteiger partial charge is 0.218 e. The summed E-state index contributed by atoms with van der Waals surface area (Å²) in [7, 11) is 1.62. The highest BCUT2D eigenvalue weighted by molar-refractivity contribution is 7.13. The van der Waals surface area contributed by atoms with Gasteiger partial charge in [0.15, 0.2) is 5.13 Å². The Morgan fingerprint density at radius 3 is 3.22 bits per heavy atom. The van der Waals surface area contributed by atoms with E-state index in [1.54, 1.807) is 24.8 Å². The number of nitrogens with one attached hydrogen (secondary N) is 1. The van der Waals surface area contributed by atoms with E-state index in [9.17, 15) is 0 Å². The van der Waals surface area contributed by atoms with Gasteiger partial charge in [-0.25, -0.2) is 15.0 Å². The second-order valence-corrected chi connectivity index (χ2v) is 6.86. The standard InChI is InChI=1S/C15H19N5O2S/c1-21-13-6-12(17-10-18-13)20-4-2-15(9-20)7-11(8-22-15)19-14-16-3-5-23-14/h3,5-6,10-11H,2,4,7-9H2,1H3,(H,16,19).